The average Bonchev–Trinajstić information content (AvgIpc) is 3.06. The van der Waals surface area contributed by atoms with Crippen LogP contribution in [0.25, 0.3) is 0 Å². The second kappa shape index (κ2) is 34.9. The Labute approximate surface area is 284 Å². The van der Waals surface area contributed by atoms with Crippen LogP contribution in [0.3, 0.4) is 0 Å². The lowest BCUT2D eigenvalue weighted by molar-refractivity contribution is -0.132. The molecule has 4 unspecified atom stereocenters. The molecule has 5 N–H and O–H groups in total. The van der Waals surface area contributed by atoms with Crippen LogP contribution in [-0.4, -0.2) is 57.3 Å². The molecule has 0 aromatic heterocycles. The molecule has 0 fully saturated rings. The van der Waals surface area contributed by atoms with Gasteiger partial charge in [0.1, 0.15) is 12.2 Å². The van der Waals surface area contributed by atoms with Crippen LogP contribution < -0.4 is 5.32 Å². The fraction of sp³-hybridized carbons (Fsp3) is 0.825. The fourth-order valence-electron chi connectivity index (χ4n) is 5.67. The number of rotatable bonds is 34. The number of amides is 1. The SMILES string of the molecule is CCCCCCCC/C=C/CC/C=C/CC/C=C/CCCC(O)C(O)C(CO)NC(=O)C(O)CCCCCCCCCCCCC. The topological polar surface area (TPSA) is 110 Å². The van der Waals surface area contributed by atoms with Crippen LogP contribution in [0, 0.1) is 0 Å². The first-order chi connectivity index (χ1) is 22.5. The zero-order valence-corrected chi connectivity index (χ0v) is 30.1. The summed E-state index contributed by atoms with van der Waals surface area (Å²) in [6, 6.07) is -1.01. The molecule has 0 bridgehead atoms. The molecule has 270 valence electrons. The summed E-state index contributed by atoms with van der Waals surface area (Å²) in [7, 11) is 0. The standard InChI is InChI=1S/C40H75NO5/c1-3-5-7-9-11-13-15-16-17-18-19-20-21-22-24-25-27-29-31-33-37(43)39(45)36(35-42)41-40(46)38(44)34-32-30-28-26-23-14-12-10-8-6-4-2/h16-17,20-21,25,27,36-39,42-45H,3-15,18-19,22-24,26,28-35H2,1-2H3,(H,41,46)/b17-16+,21-20+,27-25+. The van der Waals surface area contributed by atoms with E-state index >= 15 is 0 Å². The van der Waals surface area contributed by atoms with Gasteiger partial charge in [-0.05, 0) is 64.2 Å². The summed E-state index contributed by atoms with van der Waals surface area (Å²) in [6.07, 6.45) is 38.8. The predicted octanol–water partition coefficient (Wildman–Crippen LogP) is 9.40. The minimum absolute atomic E-state index is 0.360. The average molecular weight is 650 g/mol. The van der Waals surface area contributed by atoms with Crippen LogP contribution in [0.5, 0.6) is 0 Å². The molecule has 0 saturated heterocycles. The van der Waals surface area contributed by atoms with E-state index in [-0.39, 0.29) is 0 Å². The smallest absolute Gasteiger partial charge is 0.249 e. The van der Waals surface area contributed by atoms with Gasteiger partial charge < -0.3 is 25.7 Å². The Balaban J connectivity index is 3.89. The third kappa shape index (κ3) is 28.7. The van der Waals surface area contributed by atoms with E-state index in [1.165, 1.54) is 96.3 Å². The van der Waals surface area contributed by atoms with Crippen molar-refractivity contribution < 1.29 is 25.2 Å². The van der Waals surface area contributed by atoms with Crippen LogP contribution in [0.4, 0.5) is 0 Å². The van der Waals surface area contributed by atoms with Gasteiger partial charge >= 0.3 is 0 Å². The summed E-state index contributed by atoms with van der Waals surface area (Å²) in [5.74, 6) is -0.602. The number of unbranched alkanes of at least 4 members (excludes halogenated alkanes) is 19. The van der Waals surface area contributed by atoms with Crippen LogP contribution in [0.2, 0.25) is 0 Å². The maximum Gasteiger partial charge on any atom is 0.249 e. The van der Waals surface area contributed by atoms with Gasteiger partial charge in [-0.3, -0.25) is 4.79 Å². The van der Waals surface area contributed by atoms with Gasteiger partial charge in [0.2, 0.25) is 5.91 Å². The Kier molecular flexibility index (Phi) is 33.7. The molecule has 0 aromatic carbocycles. The zero-order chi connectivity index (χ0) is 33.9. The summed E-state index contributed by atoms with van der Waals surface area (Å²) >= 11 is 0. The quantitative estimate of drug-likeness (QED) is 0.0352. The molecule has 0 aromatic rings. The second-order valence-corrected chi connectivity index (χ2v) is 13.3. The van der Waals surface area contributed by atoms with Gasteiger partial charge in [0.05, 0.1) is 18.8 Å². The first kappa shape index (κ1) is 44.5. The number of carbonyl (C=O) groups excluding carboxylic acids is 1. The Morgan fingerprint density at radius 1 is 0.522 bits per heavy atom. The molecule has 0 radical (unpaired) electrons. The van der Waals surface area contributed by atoms with Crippen molar-refractivity contribution >= 4 is 5.91 Å². The highest BCUT2D eigenvalue weighted by molar-refractivity contribution is 5.80. The highest BCUT2D eigenvalue weighted by atomic mass is 16.3. The normalized spacial score (nSPS) is 14.8. The number of hydrogen-bond acceptors (Lipinski definition) is 5. The molecule has 0 heterocycles. The van der Waals surface area contributed by atoms with Gasteiger partial charge in [-0.2, -0.15) is 0 Å². The summed E-state index contributed by atoms with van der Waals surface area (Å²) in [5.41, 5.74) is 0. The van der Waals surface area contributed by atoms with Gasteiger partial charge in [0.15, 0.2) is 0 Å². The molecule has 0 spiro atoms. The Hall–Kier alpha value is -1.47. The molecule has 6 heteroatoms. The van der Waals surface area contributed by atoms with Crippen molar-refractivity contribution in [3.63, 3.8) is 0 Å². The van der Waals surface area contributed by atoms with Crippen LogP contribution in [0.15, 0.2) is 36.5 Å². The third-order valence-corrected chi connectivity index (χ3v) is 8.81. The molecule has 0 aliphatic carbocycles. The van der Waals surface area contributed by atoms with Gasteiger partial charge in [-0.1, -0.05) is 153 Å². The minimum atomic E-state index is -1.29. The van der Waals surface area contributed by atoms with E-state index in [0.29, 0.717) is 19.3 Å². The Bertz CT molecular complexity index is 737. The fourth-order valence-corrected chi connectivity index (χ4v) is 5.67. The van der Waals surface area contributed by atoms with Crippen molar-refractivity contribution in [2.45, 2.75) is 205 Å². The molecular weight excluding hydrogens is 574 g/mol. The molecular formula is C40H75NO5. The first-order valence-electron chi connectivity index (χ1n) is 19.4. The van der Waals surface area contributed by atoms with E-state index < -0.39 is 36.9 Å². The summed E-state index contributed by atoms with van der Waals surface area (Å²) in [4.78, 5) is 12.4. The number of hydrogen-bond donors (Lipinski definition) is 5. The number of carbonyl (C=O) groups is 1. The third-order valence-electron chi connectivity index (χ3n) is 8.81. The summed E-state index contributed by atoms with van der Waals surface area (Å²) in [6.45, 7) is 3.99. The summed E-state index contributed by atoms with van der Waals surface area (Å²) < 4.78 is 0. The van der Waals surface area contributed by atoms with Crippen LogP contribution in [-0.2, 0) is 4.79 Å². The maximum atomic E-state index is 12.4. The lowest BCUT2D eigenvalue weighted by Crippen LogP contribution is -2.53. The molecule has 1 amide bonds. The molecule has 0 aliphatic heterocycles. The minimum Gasteiger partial charge on any atom is -0.394 e. The lowest BCUT2D eigenvalue weighted by atomic mass is 10.00. The van der Waals surface area contributed by atoms with Gasteiger partial charge in [-0.25, -0.2) is 0 Å². The largest absolute Gasteiger partial charge is 0.394 e. The molecule has 6 nitrogen and oxygen atoms in total. The lowest BCUT2D eigenvalue weighted by Gasteiger charge is -2.27. The first-order valence-corrected chi connectivity index (χ1v) is 19.4. The zero-order valence-electron chi connectivity index (χ0n) is 30.1. The number of aliphatic hydroxyl groups excluding tert-OH is 4. The number of nitrogens with one attached hydrogen (secondary N) is 1. The van der Waals surface area contributed by atoms with E-state index in [0.717, 1.165) is 51.4 Å². The molecule has 4 atom stereocenters. The molecule has 0 rings (SSSR count). The number of allylic oxidation sites excluding steroid dienone is 6. The van der Waals surface area contributed by atoms with E-state index in [1.54, 1.807) is 0 Å². The maximum absolute atomic E-state index is 12.4. The van der Waals surface area contributed by atoms with Crippen molar-refractivity contribution in [1.82, 2.24) is 5.32 Å². The molecule has 46 heavy (non-hydrogen) atoms. The van der Waals surface area contributed by atoms with Crippen molar-refractivity contribution in [2.24, 2.45) is 0 Å². The van der Waals surface area contributed by atoms with E-state index in [9.17, 15) is 25.2 Å². The molecule has 0 aliphatic rings. The van der Waals surface area contributed by atoms with E-state index in [4.69, 9.17) is 0 Å². The number of aliphatic hydroxyl groups is 4. The van der Waals surface area contributed by atoms with E-state index in [2.05, 4.69) is 55.6 Å². The van der Waals surface area contributed by atoms with Gasteiger partial charge in [0, 0.05) is 0 Å². The Morgan fingerprint density at radius 2 is 0.913 bits per heavy atom. The van der Waals surface area contributed by atoms with E-state index in [1.807, 2.05) is 0 Å². The summed E-state index contributed by atoms with van der Waals surface area (Å²) in [5, 5.41) is 43.4. The van der Waals surface area contributed by atoms with Gasteiger partial charge in [0.25, 0.3) is 0 Å². The second-order valence-electron chi connectivity index (χ2n) is 13.3. The van der Waals surface area contributed by atoms with Crippen molar-refractivity contribution in [3.05, 3.63) is 36.5 Å². The molecule has 0 saturated carbocycles. The monoisotopic (exact) mass is 650 g/mol. The van der Waals surface area contributed by atoms with Gasteiger partial charge in [-0.15, -0.1) is 0 Å². The predicted molar refractivity (Wildman–Crippen MR) is 196 cm³/mol. The van der Waals surface area contributed by atoms with Crippen molar-refractivity contribution in [3.8, 4) is 0 Å². The van der Waals surface area contributed by atoms with Crippen LogP contribution in [0.1, 0.15) is 181 Å². The van der Waals surface area contributed by atoms with Crippen molar-refractivity contribution in [2.75, 3.05) is 6.61 Å². The van der Waals surface area contributed by atoms with Crippen molar-refractivity contribution in [1.29, 1.82) is 0 Å². The Morgan fingerprint density at radius 3 is 1.37 bits per heavy atom. The highest BCUT2D eigenvalue weighted by Gasteiger charge is 2.28. The van der Waals surface area contributed by atoms with Crippen LogP contribution >= 0.6 is 0 Å². The highest BCUT2D eigenvalue weighted by Crippen LogP contribution is 2.14.